The predicted molar refractivity (Wildman–Crippen MR) is 59.7 cm³/mol. The summed E-state index contributed by atoms with van der Waals surface area (Å²) in [6.45, 7) is 1.75. The minimum absolute atomic E-state index is 0.599. The summed E-state index contributed by atoms with van der Waals surface area (Å²) in [7, 11) is 0. The molecule has 2 rings (SSSR count). The molecule has 2 aliphatic rings. The minimum Gasteiger partial charge on any atom is -0.478 e. The van der Waals surface area contributed by atoms with Gasteiger partial charge in [-0.1, -0.05) is 18.4 Å². The van der Waals surface area contributed by atoms with E-state index in [0.717, 1.165) is 12.8 Å². The molecule has 0 aromatic carbocycles. The third-order valence-corrected chi connectivity index (χ3v) is 4.43. The van der Waals surface area contributed by atoms with Crippen LogP contribution in [0.15, 0.2) is 11.1 Å². The number of carboxylic acid groups (broad SMARTS) is 1. The molecule has 0 amide bonds. The van der Waals surface area contributed by atoms with Gasteiger partial charge >= 0.3 is 5.97 Å². The molecule has 2 aliphatic carbocycles. The lowest BCUT2D eigenvalue weighted by Gasteiger charge is -2.34. The molecule has 2 nitrogen and oxygen atoms in total. The Morgan fingerprint density at radius 2 is 1.67 bits per heavy atom. The van der Waals surface area contributed by atoms with Gasteiger partial charge in [-0.05, 0) is 50.9 Å². The standard InChI is InChI=1S/C13H20O2/c1-10(12(14)15)11-4-8-13(9-5-11)6-2-3-7-13/h2-9H2,1H3,(H,14,15). The SMILES string of the molecule is CC(C(=O)O)=C1CCC2(CCCC2)CC1. The Labute approximate surface area is 91.4 Å². The van der Waals surface area contributed by atoms with Crippen LogP contribution < -0.4 is 0 Å². The molecule has 2 saturated carbocycles. The van der Waals surface area contributed by atoms with Crippen LogP contribution in [0.5, 0.6) is 0 Å². The first-order valence-corrected chi connectivity index (χ1v) is 6.05. The van der Waals surface area contributed by atoms with Gasteiger partial charge in [-0.2, -0.15) is 0 Å². The molecule has 15 heavy (non-hydrogen) atoms. The second-order valence-electron chi connectivity index (χ2n) is 5.24. The van der Waals surface area contributed by atoms with Gasteiger partial charge in [0.05, 0.1) is 0 Å². The summed E-state index contributed by atoms with van der Waals surface area (Å²) in [5, 5.41) is 8.93. The van der Waals surface area contributed by atoms with Crippen LogP contribution >= 0.6 is 0 Å². The summed E-state index contributed by atoms with van der Waals surface area (Å²) in [4.78, 5) is 10.9. The first kappa shape index (κ1) is 10.7. The number of aliphatic carboxylic acids is 1. The average Bonchev–Trinajstić information content (AvgIpc) is 2.67. The van der Waals surface area contributed by atoms with Gasteiger partial charge in [-0.15, -0.1) is 0 Å². The van der Waals surface area contributed by atoms with Crippen molar-refractivity contribution in [2.75, 3.05) is 0 Å². The van der Waals surface area contributed by atoms with Crippen molar-refractivity contribution >= 4 is 5.97 Å². The molecule has 1 spiro atoms. The number of carbonyl (C=O) groups is 1. The van der Waals surface area contributed by atoms with E-state index in [-0.39, 0.29) is 0 Å². The van der Waals surface area contributed by atoms with E-state index in [2.05, 4.69) is 0 Å². The van der Waals surface area contributed by atoms with Gasteiger partial charge in [0.25, 0.3) is 0 Å². The molecule has 0 aromatic rings. The van der Waals surface area contributed by atoms with Crippen LogP contribution in [0.25, 0.3) is 0 Å². The molecule has 0 aliphatic heterocycles. The molecule has 0 unspecified atom stereocenters. The van der Waals surface area contributed by atoms with Crippen molar-refractivity contribution in [3.8, 4) is 0 Å². The first-order chi connectivity index (χ1) is 7.13. The Balaban J connectivity index is 2.03. The highest BCUT2D eigenvalue weighted by Gasteiger charge is 2.36. The van der Waals surface area contributed by atoms with Crippen LogP contribution in [0, 0.1) is 5.41 Å². The topological polar surface area (TPSA) is 37.3 Å². The van der Waals surface area contributed by atoms with Crippen LogP contribution in [0.1, 0.15) is 58.3 Å². The van der Waals surface area contributed by atoms with E-state index >= 15 is 0 Å². The zero-order valence-corrected chi connectivity index (χ0v) is 9.51. The van der Waals surface area contributed by atoms with Gasteiger partial charge in [0.2, 0.25) is 0 Å². The van der Waals surface area contributed by atoms with E-state index < -0.39 is 5.97 Å². The van der Waals surface area contributed by atoms with Crippen LogP contribution in [-0.2, 0) is 4.79 Å². The highest BCUT2D eigenvalue weighted by molar-refractivity contribution is 5.86. The van der Waals surface area contributed by atoms with Gasteiger partial charge < -0.3 is 5.11 Å². The highest BCUT2D eigenvalue weighted by Crippen LogP contribution is 2.50. The smallest absolute Gasteiger partial charge is 0.331 e. The van der Waals surface area contributed by atoms with Crippen molar-refractivity contribution in [3.63, 3.8) is 0 Å². The van der Waals surface area contributed by atoms with E-state index in [1.807, 2.05) is 0 Å². The Bertz CT molecular complexity index is 284. The van der Waals surface area contributed by atoms with Gasteiger partial charge in [0.15, 0.2) is 0 Å². The second-order valence-corrected chi connectivity index (χ2v) is 5.24. The van der Waals surface area contributed by atoms with E-state index in [1.54, 1.807) is 6.92 Å². The molecule has 0 radical (unpaired) electrons. The molecular formula is C13H20O2. The third kappa shape index (κ3) is 2.09. The molecule has 2 heteroatoms. The molecule has 0 bridgehead atoms. The summed E-state index contributed by atoms with van der Waals surface area (Å²) < 4.78 is 0. The summed E-state index contributed by atoms with van der Waals surface area (Å²) in [6, 6.07) is 0. The zero-order valence-electron chi connectivity index (χ0n) is 9.51. The molecular weight excluding hydrogens is 188 g/mol. The monoisotopic (exact) mass is 208 g/mol. The molecule has 0 heterocycles. The number of hydrogen-bond acceptors (Lipinski definition) is 1. The van der Waals surface area contributed by atoms with Crippen LogP contribution in [-0.4, -0.2) is 11.1 Å². The van der Waals surface area contributed by atoms with Crippen LogP contribution in [0.2, 0.25) is 0 Å². The molecule has 0 atom stereocenters. The molecule has 1 N–H and O–H groups in total. The Kier molecular flexibility index (Phi) is 2.85. The Hall–Kier alpha value is -0.790. The number of rotatable bonds is 1. The van der Waals surface area contributed by atoms with Gasteiger partial charge in [0, 0.05) is 5.57 Å². The Morgan fingerprint density at radius 1 is 1.13 bits per heavy atom. The van der Waals surface area contributed by atoms with Crippen LogP contribution in [0.4, 0.5) is 0 Å². The zero-order chi connectivity index (χ0) is 10.9. The fraction of sp³-hybridized carbons (Fsp3) is 0.769. The van der Waals surface area contributed by atoms with Gasteiger partial charge in [-0.25, -0.2) is 4.79 Å². The third-order valence-electron chi connectivity index (χ3n) is 4.43. The predicted octanol–water partition coefficient (Wildman–Crippen LogP) is 3.52. The lowest BCUT2D eigenvalue weighted by Crippen LogP contribution is -2.22. The first-order valence-electron chi connectivity index (χ1n) is 6.05. The van der Waals surface area contributed by atoms with E-state index in [0.29, 0.717) is 11.0 Å². The normalized spacial score (nSPS) is 24.5. The molecule has 2 fully saturated rings. The summed E-state index contributed by atoms with van der Waals surface area (Å²) in [5.41, 5.74) is 2.39. The van der Waals surface area contributed by atoms with E-state index in [1.165, 1.54) is 44.1 Å². The lowest BCUT2D eigenvalue weighted by atomic mass is 9.70. The van der Waals surface area contributed by atoms with Crippen molar-refractivity contribution in [3.05, 3.63) is 11.1 Å². The molecule has 0 aromatic heterocycles. The minimum atomic E-state index is -0.729. The molecule has 0 saturated heterocycles. The lowest BCUT2D eigenvalue weighted by molar-refractivity contribution is -0.132. The van der Waals surface area contributed by atoms with Crippen molar-refractivity contribution in [1.82, 2.24) is 0 Å². The van der Waals surface area contributed by atoms with Crippen LogP contribution in [0.3, 0.4) is 0 Å². The molecule has 84 valence electrons. The maximum absolute atomic E-state index is 10.9. The number of hydrogen-bond donors (Lipinski definition) is 1. The largest absolute Gasteiger partial charge is 0.478 e. The fourth-order valence-corrected chi connectivity index (χ4v) is 3.23. The summed E-state index contributed by atoms with van der Waals surface area (Å²) in [6.07, 6.45) is 10.0. The maximum atomic E-state index is 10.9. The number of carboxylic acids is 1. The summed E-state index contributed by atoms with van der Waals surface area (Å²) >= 11 is 0. The number of allylic oxidation sites excluding steroid dienone is 1. The fourth-order valence-electron chi connectivity index (χ4n) is 3.23. The van der Waals surface area contributed by atoms with Gasteiger partial charge in [-0.3, -0.25) is 0 Å². The van der Waals surface area contributed by atoms with Crippen molar-refractivity contribution in [2.24, 2.45) is 5.41 Å². The Morgan fingerprint density at radius 3 is 2.13 bits per heavy atom. The highest BCUT2D eigenvalue weighted by atomic mass is 16.4. The van der Waals surface area contributed by atoms with Crippen molar-refractivity contribution in [1.29, 1.82) is 0 Å². The maximum Gasteiger partial charge on any atom is 0.331 e. The quantitative estimate of drug-likeness (QED) is 0.669. The van der Waals surface area contributed by atoms with Gasteiger partial charge in [0.1, 0.15) is 0 Å². The average molecular weight is 208 g/mol. The van der Waals surface area contributed by atoms with E-state index in [4.69, 9.17) is 5.11 Å². The summed E-state index contributed by atoms with van der Waals surface area (Å²) in [5.74, 6) is -0.729. The van der Waals surface area contributed by atoms with Crippen molar-refractivity contribution < 1.29 is 9.90 Å². The van der Waals surface area contributed by atoms with Crippen molar-refractivity contribution in [2.45, 2.75) is 58.3 Å². The second kappa shape index (κ2) is 3.99. The van der Waals surface area contributed by atoms with E-state index in [9.17, 15) is 4.79 Å².